The number of rotatable bonds is 5. The second kappa shape index (κ2) is 6.73. The number of hydrogen-bond acceptors (Lipinski definition) is 3. The molecule has 2 atom stereocenters. The van der Waals surface area contributed by atoms with Crippen LogP contribution in [0.5, 0.6) is 0 Å². The number of pyridine rings is 1. The van der Waals surface area contributed by atoms with E-state index in [0.717, 1.165) is 48.5 Å². The van der Waals surface area contributed by atoms with E-state index in [0.29, 0.717) is 12.0 Å². The Kier molecular flexibility index (Phi) is 4.73. The average molecular weight is 305 g/mol. The molecule has 1 N–H and O–H groups in total. The van der Waals surface area contributed by atoms with Crippen LogP contribution in [0.2, 0.25) is 5.02 Å². The summed E-state index contributed by atoms with van der Waals surface area (Å²) in [6.45, 7) is 4.91. The first-order valence-electron chi connectivity index (χ1n) is 7.64. The molecule has 0 saturated carbocycles. The van der Waals surface area contributed by atoms with Crippen molar-refractivity contribution in [1.29, 1.82) is 0 Å². The highest BCUT2D eigenvalue weighted by atomic mass is 35.5. The van der Waals surface area contributed by atoms with Crippen molar-refractivity contribution in [3.05, 3.63) is 41.0 Å². The van der Waals surface area contributed by atoms with E-state index in [1.807, 2.05) is 24.4 Å². The molecule has 1 aliphatic rings. The van der Waals surface area contributed by atoms with Gasteiger partial charge in [0.2, 0.25) is 0 Å². The van der Waals surface area contributed by atoms with Crippen LogP contribution in [0.15, 0.2) is 30.5 Å². The third-order valence-corrected chi connectivity index (χ3v) is 4.60. The Bertz CT molecular complexity index is 617. The zero-order valence-electron chi connectivity index (χ0n) is 12.3. The van der Waals surface area contributed by atoms with E-state index >= 15 is 0 Å². The number of ether oxygens (including phenoxy) is 1. The van der Waals surface area contributed by atoms with Gasteiger partial charge in [-0.15, -0.1) is 0 Å². The van der Waals surface area contributed by atoms with Crippen LogP contribution in [0.1, 0.15) is 25.3 Å². The molecule has 4 heteroatoms. The monoisotopic (exact) mass is 304 g/mol. The summed E-state index contributed by atoms with van der Waals surface area (Å²) in [4.78, 5) is 4.47. The Hall–Kier alpha value is -1.16. The summed E-state index contributed by atoms with van der Waals surface area (Å²) in [5.41, 5.74) is 2.19. The fourth-order valence-electron chi connectivity index (χ4n) is 3.11. The largest absolute Gasteiger partial charge is 0.378 e. The molecule has 0 aliphatic carbocycles. The van der Waals surface area contributed by atoms with Gasteiger partial charge in [0.1, 0.15) is 0 Å². The average Bonchev–Trinajstić information content (AvgIpc) is 2.97. The molecule has 3 nitrogen and oxygen atoms in total. The number of hydrogen-bond donors (Lipinski definition) is 1. The molecule has 1 saturated heterocycles. The van der Waals surface area contributed by atoms with Crippen LogP contribution >= 0.6 is 11.6 Å². The van der Waals surface area contributed by atoms with Gasteiger partial charge in [-0.3, -0.25) is 4.98 Å². The van der Waals surface area contributed by atoms with Gasteiger partial charge in [-0.1, -0.05) is 24.6 Å². The predicted octanol–water partition coefficient (Wildman–Crippen LogP) is 3.79. The van der Waals surface area contributed by atoms with Gasteiger partial charge in [0, 0.05) is 36.3 Å². The summed E-state index contributed by atoms with van der Waals surface area (Å²) in [5, 5.41) is 5.34. The van der Waals surface area contributed by atoms with E-state index in [1.165, 1.54) is 5.56 Å². The van der Waals surface area contributed by atoms with Gasteiger partial charge >= 0.3 is 0 Å². The first-order chi connectivity index (χ1) is 10.3. The van der Waals surface area contributed by atoms with E-state index < -0.39 is 0 Å². The third kappa shape index (κ3) is 3.20. The van der Waals surface area contributed by atoms with Crippen LogP contribution in [-0.2, 0) is 11.3 Å². The Balaban J connectivity index is 1.67. The van der Waals surface area contributed by atoms with Gasteiger partial charge in [0.05, 0.1) is 11.6 Å². The van der Waals surface area contributed by atoms with Crippen molar-refractivity contribution in [2.75, 3.05) is 13.2 Å². The summed E-state index contributed by atoms with van der Waals surface area (Å²) < 4.78 is 5.73. The summed E-state index contributed by atoms with van der Waals surface area (Å²) in [6.07, 6.45) is 4.49. The van der Waals surface area contributed by atoms with E-state index in [2.05, 4.69) is 23.3 Å². The minimum Gasteiger partial charge on any atom is -0.378 e. The third-order valence-electron chi connectivity index (χ3n) is 4.27. The number of fused-ring (bicyclic) bond motifs is 1. The van der Waals surface area contributed by atoms with Gasteiger partial charge in [0.15, 0.2) is 0 Å². The minimum absolute atomic E-state index is 0.414. The molecule has 1 fully saturated rings. The van der Waals surface area contributed by atoms with Crippen LogP contribution in [0.3, 0.4) is 0 Å². The number of nitrogens with one attached hydrogen (secondary N) is 1. The Morgan fingerprint density at radius 3 is 3.14 bits per heavy atom. The lowest BCUT2D eigenvalue weighted by Gasteiger charge is -2.17. The highest BCUT2D eigenvalue weighted by Crippen LogP contribution is 2.25. The lowest BCUT2D eigenvalue weighted by molar-refractivity contribution is 0.0872. The molecule has 1 aromatic heterocycles. The van der Waals surface area contributed by atoms with Gasteiger partial charge in [0.25, 0.3) is 0 Å². The van der Waals surface area contributed by atoms with Crippen LogP contribution in [0.4, 0.5) is 0 Å². The summed E-state index contributed by atoms with van der Waals surface area (Å²) in [5.74, 6) is 0.626. The highest BCUT2D eigenvalue weighted by Gasteiger charge is 2.26. The molecule has 112 valence electrons. The smallest absolute Gasteiger partial charge is 0.0761 e. The second-order valence-corrected chi connectivity index (χ2v) is 6.01. The van der Waals surface area contributed by atoms with Crippen molar-refractivity contribution in [2.45, 2.75) is 32.4 Å². The van der Waals surface area contributed by atoms with Crippen LogP contribution in [-0.4, -0.2) is 24.2 Å². The fourth-order valence-corrected chi connectivity index (χ4v) is 3.32. The van der Waals surface area contributed by atoms with Crippen molar-refractivity contribution >= 4 is 22.5 Å². The van der Waals surface area contributed by atoms with E-state index in [-0.39, 0.29) is 0 Å². The maximum absolute atomic E-state index is 6.23. The minimum atomic E-state index is 0.414. The topological polar surface area (TPSA) is 34.1 Å². The highest BCUT2D eigenvalue weighted by molar-refractivity contribution is 6.35. The first kappa shape index (κ1) is 14.8. The maximum atomic E-state index is 6.23. The summed E-state index contributed by atoms with van der Waals surface area (Å²) >= 11 is 6.23. The predicted molar refractivity (Wildman–Crippen MR) is 86.6 cm³/mol. The molecule has 2 unspecified atom stereocenters. The van der Waals surface area contributed by atoms with E-state index in [9.17, 15) is 0 Å². The lowest BCUT2D eigenvalue weighted by atomic mass is 9.99. The van der Waals surface area contributed by atoms with Crippen molar-refractivity contribution < 1.29 is 4.74 Å². The Morgan fingerprint density at radius 1 is 1.38 bits per heavy atom. The number of benzene rings is 1. The molecular formula is C17H21ClN2O. The molecule has 3 rings (SSSR count). The van der Waals surface area contributed by atoms with Crippen LogP contribution in [0.25, 0.3) is 10.9 Å². The normalized spacial score (nSPS) is 22.0. The van der Waals surface area contributed by atoms with E-state index in [1.54, 1.807) is 0 Å². The number of halogens is 1. The maximum Gasteiger partial charge on any atom is 0.0761 e. The van der Waals surface area contributed by atoms with Crippen molar-refractivity contribution in [3.63, 3.8) is 0 Å². The van der Waals surface area contributed by atoms with Gasteiger partial charge in [-0.05, 0) is 42.5 Å². The van der Waals surface area contributed by atoms with Gasteiger partial charge < -0.3 is 10.1 Å². The molecule has 2 aromatic rings. The van der Waals surface area contributed by atoms with Crippen molar-refractivity contribution in [1.82, 2.24) is 10.3 Å². The Labute approximate surface area is 130 Å². The Morgan fingerprint density at radius 2 is 2.29 bits per heavy atom. The number of aromatic nitrogens is 1. The lowest BCUT2D eigenvalue weighted by Crippen LogP contribution is -2.28. The molecule has 0 bridgehead atoms. The molecule has 0 amide bonds. The fraction of sp³-hybridized carbons (Fsp3) is 0.471. The summed E-state index contributed by atoms with van der Waals surface area (Å²) in [6, 6.07) is 7.96. The van der Waals surface area contributed by atoms with E-state index in [4.69, 9.17) is 16.3 Å². The molecular weight excluding hydrogens is 284 g/mol. The van der Waals surface area contributed by atoms with Crippen molar-refractivity contribution in [2.24, 2.45) is 5.92 Å². The zero-order chi connectivity index (χ0) is 14.7. The standard InChI is InChI=1S/C17H21ClN2O/c1-2-16-12(7-9-21-16)10-19-11-13-5-6-15(18)14-4-3-8-20-17(13)14/h3-6,8,12,16,19H,2,7,9-11H2,1H3. The SMILES string of the molecule is CCC1OCCC1CNCc1ccc(Cl)c2cccnc12. The quantitative estimate of drug-likeness (QED) is 0.912. The van der Waals surface area contributed by atoms with Crippen molar-refractivity contribution in [3.8, 4) is 0 Å². The van der Waals surface area contributed by atoms with Gasteiger partial charge in [-0.25, -0.2) is 0 Å². The van der Waals surface area contributed by atoms with Crippen LogP contribution in [0, 0.1) is 5.92 Å². The number of nitrogens with zero attached hydrogens (tertiary/aromatic N) is 1. The molecule has 0 spiro atoms. The second-order valence-electron chi connectivity index (χ2n) is 5.60. The summed E-state index contributed by atoms with van der Waals surface area (Å²) in [7, 11) is 0. The van der Waals surface area contributed by atoms with Crippen LogP contribution < -0.4 is 5.32 Å². The molecule has 21 heavy (non-hydrogen) atoms. The molecule has 1 aromatic carbocycles. The zero-order valence-corrected chi connectivity index (χ0v) is 13.1. The van der Waals surface area contributed by atoms with Gasteiger partial charge in [-0.2, -0.15) is 0 Å². The molecule has 1 aliphatic heterocycles. The molecule has 2 heterocycles. The molecule has 0 radical (unpaired) electrons. The first-order valence-corrected chi connectivity index (χ1v) is 8.02.